The average Bonchev–Trinajstić information content (AvgIpc) is 3.81. The molecule has 2 unspecified atom stereocenters. The SMILES string of the molecule is CCC1(C2c3ccc(C45CC6CC(CC(C6)C4)C5)cc3-c3cc(C45CC6CC(CC(C6)C4)C5)ccc32)CC(C2CCCCC2)C2=C1C=C(C(C)(C)C)C2. The monoisotopic (exact) mass is 705 g/mol. The molecule has 2 aromatic carbocycles. The molecule has 0 amide bonds. The summed E-state index contributed by atoms with van der Waals surface area (Å²) in [5.74, 6) is 8.13. The highest BCUT2D eigenvalue weighted by molar-refractivity contribution is 5.82. The molecule has 0 heteroatoms. The van der Waals surface area contributed by atoms with Gasteiger partial charge in [-0.1, -0.05) is 101 Å². The van der Waals surface area contributed by atoms with Gasteiger partial charge in [0, 0.05) is 11.3 Å². The maximum Gasteiger partial charge on any atom is 0.0199 e. The van der Waals surface area contributed by atoms with Crippen molar-refractivity contribution in [2.75, 3.05) is 0 Å². The predicted octanol–water partition coefficient (Wildman–Crippen LogP) is 14.4. The van der Waals surface area contributed by atoms with E-state index in [0.29, 0.717) is 16.7 Å². The molecule has 0 aliphatic heterocycles. The van der Waals surface area contributed by atoms with Crippen LogP contribution in [-0.4, -0.2) is 0 Å². The molecule has 0 aromatic heterocycles. The minimum absolute atomic E-state index is 0.203. The summed E-state index contributed by atoms with van der Waals surface area (Å²) in [7, 11) is 0. The molecule has 2 atom stereocenters. The summed E-state index contributed by atoms with van der Waals surface area (Å²) in [6, 6.07) is 16.7. The Morgan fingerprint density at radius 3 is 1.51 bits per heavy atom. The van der Waals surface area contributed by atoms with Gasteiger partial charge >= 0.3 is 0 Å². The lowest BCUT2D eigenvalue weighted by molar-refractivity contribution is -0.00534. The van der Waals surface area contributed by atoms with Crippen molar-refractivity contribution in [2.24, 2.45) is 58.2 Å². The topological polar surface area (TPSA) is 0 Å². The summed E-state index contributed by atoms with van der Waals surface area (Å²) in [6.07, 6.45) is 32.1. The highest BCUT2D eigenvalue weighted by Gasteiger charge is 2.57. The van der Waals surface area contributed by atoms with E-state index in [4.69, 9.17) is 0 Å². The normalized spacial score (nSPS) is 43.4. The zero-order valence-electron chi connectivity index (χ0n) is 33.9. The summed E-state index contributed by atoms with van der Waals surface area (Å²) in [5.41, 5.74) is 17.1. The van der Waals surface area contributed by atoms with Gasteiger partial charge in [-0.3, -0.25) is 0 Å². The molecule has 0 spiro atoms. The van der Waals surface area contributed by atoms with Crippen LogP contribution in [0.15, 0.2) is 59.2 Å². The molecule has 12 aliphatic carbocycles. The van der Waals surface area contributed by atoms with Crippen molar-refractivity contribution >= 4 is 0 Å². The second kappa shape index (κ2) is 11.3. The zero-order valence-corrected chi connectivity index (χ0v) is 33.9. The van der Waals surface area contributed by atoms with E-state index >= 15 is 0 Å². The van der Waals surface area contributed by atoms with Crippen molar-refractivity contribution in [2.45, 2.75) is 173 Å². The van der Waals surface area contributed by atoms with Crippen molar-refractivity contribution < 1.29 is 0 Å². The molecule has 0 radical (unpaired) electrons. The Morgan fingerprint density at radius 1 is 0.604 bits per heavy atom. The number of allylic oxidation sites excluding steroid dienone is 4. The fourth-order valence-corrected chi connectivity index (χ4v) is 17.8. The largest absolute Gasteiger partial charge is 0.0645 e. The van der Waals surface area contributed by atoms with Gasteiger partial charge in [-0.25, -0.2) is 0 Å². The van der Waals surface area contributed by atoms with E-state index in [1.807, 2.05) is 11.1 Å². The second-order valence-electron chi connectivity index (χ2n) is 23.2. The molecule has 2 aromatic rings. The third kappa shape index (κ3) is 4.72. The molecule has 53 heavy (non-hydrogen) atoms. The first-order valence-electron chi connectivity index (χ1n) is 23.4. The van der Waals surface area contributed by atoms with Crippen LogP contribution in [0.4, 0.5) is 0 Å². The van der Waals surface area contributed by atoms with Crippen molar-refractivity contribution in [3.63, 3.8) is 0 Å². The van der Waals surface area contributed by atoms with Crippen LogP contribution in [-0.2, 0) is 10.8 Å². The summed E-state index contributed by atoms with van der Waals surface area (Å²) in [5, 5.41) is 0. The van der Waals surface area contributed by atoms with Crippen LogP contribution >= 0.6 is 0 Å². The van der Waals surface area contributed by atoms with Crippen LogP contribution in [0, 0.1) is 58.2 Å². The molecule has 0 N–H and O–H groups in total. The van der Waals surface area contributed by atoms with Crippen LogP contribution < -0.4 is 0 Å². The van der Waals surface area contributed by atoms with Gasteiger partial charge in [0.1, 0.15) is 0 Å². The smallest absolute Gasteiger partial charge is 0.0199 e. The third-order valence-corrected chi connectivity index (χ3v) is 19.3. The van der Waals surface area contributed by atoms with E-state index in [9.17, 15) is 0 Å². The molecule has 12 aliphatic rings. The molecular formula is C53H68. The quantitative estimate of drug-likeness (QED) is 0.291. The van der Waals surface area contributed by atoms with Crippen molar-refractivity contribution in [1.29, 1.82) is 0 Å². The number of hydrogen-bond donors (Lipinski definition) is 0. The molecule has 14 rings (SSSR count). The predicted molar refractivity (Wildman–Crippen MR) is 220 cm³/mol. The maximum atomic E-state index is 2.86. The summed E-state index contributed by atoms with van der Waals surface area (Å²) >= 11 is 0. The molecule has 9 saturated carbocycles. The van der Waals surface area contributed by atoms with Crippen LogP contribution in [0.1, 0.15) is 184 Å². The van der Waals surface area contributed by atoms with Gasteiger partial charge in [-0.05, 0) is 212 Å². The zero-order chi connectivity index (χ0) is 35.5. The summed E-state index contributed by atoms with van der Waals surface area (Å²) in [4.78, 5) is 0. The van der Waals surface area contributed by atoms with E-state index in [1.54, 1.807) is 39.0 Å². The van der Waals surface area contributed by atoms with Crippen molar-refractivity contribution in [1.82, 2.24) is 0 Å². The number of benzene rings is 2. The van der Waals surface area contributed by atoms with Gasteiger partial charge in [0.2, 0.25) is 0 Å². The minimum Gasteiger partial charge on any atom is -0.0645 e. The van der Waals surface area contributed by atoms with E-state index in [1.165, 1.54) is 128 Å². The maximum absolute atomic E-state index is 2.86. The van der Waals surface area contributed by atoms with Crippen LogP contribution in [0.2, 0.25) is 0 Å². The number of hydrogen-bond acceptors (Lipinski definition) is 0. The Kier molecular flexibility index (Phi) is 7.04. The fraction of sp³-hybridized carbons (Fsp3) is 0.698. The molecule has 9 fully saturated rings. The van der Waals surface area contributed by atoms with E-state index in [-0.39, 0.29) is 10.8 Å². The Bertz CT molecular complexity index is 1750. The first kappa shape index (κ1) is 33.1. The molecule has 8 bridgehead atoms. The number of fused-ring (bicyclic) bond motifs is 3. The Labute approximate surface area is 322 Å². The van der Waals surface area contributed by atoms with E-state index in [0.717, 1.165) is 47.3 Å². The van der Waals surface area contributed by atoms with Gasteiger partial charge in [-0.15, -0.1) is 0 Å². The molecule has 280 valence electrons. The minimum atomic E-state index is 0.203. The molecule has 0 heterocycles. The van der Waals surface area contributed by atoms with E-state index in [2.05, 4.69) is 70.2 Å². The van der Waals surface area contributed by atoms with Crippen molar-refractivity contribution in [3.8, 4) is 11.1 Å². The second-order valence-corrected chi connectivity index (χ2v) is 23.2. The standard InChI is InChI=1S/C53H68/c1-5-53(31-47(38-9-7-6-8-10-38)46-23-41(24-48(46)53)50(2,3)4)49-42-13-11-39(51-25-32-15-33(26-51)17-34(16-32)27-51)21-44(42)45-22-40(12-14-43(45)49)52-28-35-18-36(29-52)20-37(19-35)30-52/h11-14,21-22,24,32-38,47,49H,5-10,15-20,23,25-31H2,1-4H3. The van der Waals surface area contributed by atoms with Gasteiger partial charge in [0.25, 0.3) is 0 Å². The van der Waals surface area contributed by atoms with Gasteiger partial charge in [-0.2, -0.15) is 0 Å². The summed E-state index contributed by atoms with van der Waals surface area (Å²) < 4.78 is 0. The average molecular weight is 705 g/mol. The Morgan fingerprint density at radius 2 is 1.08 bits per heavy atom. The van der Waals surface area contributed by atoms with Crippen LogP contribution in [0.5, 0.6) is 0 Å². The first-order chi connectivity index (χ1) is 25.6. The Balaban J connectivity index is 1.03. The fourth-order valence-electron chi connectivity index (χ4n) is 17.8. The molecule has 0 nitrogen and oxygen atoms in total. The van der Waals surface area contributed by atoms with Gasteiger partial charge in [0.15, 0.2) is 0 Å². The first-order valence-corrected chi connectivity index (χ1v) is 23.4. The van der Waals surface area contributed by atoms with Gasteiger partial charge in [0.05, 0.1) is 0 Å². The Hall–Kier alpha value is -2.08. The lowest BCUT2D eigenvalue weighted by Gasteiger charge is -2.57. The summed E-state index contributed by atoms with van der Waals surface area (Å²) in [6.45, 7) is 10.1. The van der Waals surface area contributed by atoms with Crippen LogP contribution in [0.3, 0.4) is 0 Å². The lowest BCUT2D eigenvalue weighted by Crippen LogP contribution is -2.48. The molecule has 0 saturated heterocycles. The highest BCUT2D eigenvalue weighted by Crippen LogP contribution is 2.69. The molecular weight excluding hydrogens is 637 g/mol. The van der Waals surface area contributed by atoms with Crippen LogP contribution in [0.25, 0.3) is 11.1 Å². The van der Waals surface area contributed by atoms with E-state index < -0.39 is 0 Å². The lowest BCUT2D eigenvalue weighted by atomic mass is 9.48. The van der Waals surface area contributed by atoms with Crippen molar-refractivity contribution in [3.05, 3.63) is 81.4 Å². The number of rotatable bonds is 5. The van der Waals surface area contributed by atoms with Gasteiger partial charge < -0.3 is 0 Å². The highest BCUT2D eigenvalue weighted by atomic mass is 14.6. The third-order valence-electron chi connectivity index (χ3n) is 19.3.